The minimum atomic E-state index is -0.113. The van der Waals surface area contributed by atoms with Crippen molar-refractivity contribution in [2.24, 2.45) is 0 Å². The molecule has 29 heavy (non-hydrogen) atoms. The van der Waals surface area contributed by atoms with Crippen molar-refractivity contribution in [2.75, 3.05) is 25.1 Å². The number of hydrogen-bond donors (Lipinski definition) is 1. The van der Waals surface area contributed by atoms with Crippen LogP contribution >= 0.6 is 0 Å². The number of rotatable bonds is 9. The summed E-state index contributed by atoms with van der Waals surface area (Å²) in [5, 5.41) is 2.98. The zero-order valence-corrected chi connectivity index (χ0v) is 17.0. The van der Waals surface area contributed by atoms with Gasteiger partial charge in [-0.15, -0.1) is 0 Å². The Bertz CT molecular complexity index is 928. The zero-order chi connectivity index (χ0) is 20.5. The van der Waals surface area contributed by atoms with Crippen molar-refractivity contribution in [1.29, 1.82) is 0 Å². The molecule has 1 N–H and O–H groups in total. The molecule has 5 nitrogen and oxygen atoms in total. The molecule has 1 amide bonds. The van der Waals surface area contributed by atoms with Gasteiger partial charge in [0.15, 0.2) is 0 Å². The number of hydrogen-bond acceptors (Lipinski definition) is 4. The van der Waals surface area contributed by atoms with Gasteiger partial charge in [0.05, 0.1) is 24.6 Å². The Morgan fingerprint density at radius 3 is 2.59 bits per heavy atom. The number of amides is 1. The minimum absolute atomic E-state index is 0.113. The van der Waals surface area contributed by atoms with Gasteiger partial charge in [0, 0.05) is 25.8 Å². The van der Waals surface area contributed by atoms with Crippen molar-refractivity contribution in [3.8, 4) is 5.75 Å². The summed E-state index contributed by atoms with van der Waals surface area (Å²) >= 11 is 0. The first-order chi connectivity index (χ1) is 14.2. The predicted molar refractivity (Wildman–Crippen MR) is 116 cm³/mol. The van der Waals surface area contributed by atoms with Crippen LogP contribution in [0.2, 0.25) is 0 Å². The average molecular weight is 389 g/mol. The molecule has 0 aliphatic heterocycles. The Kier molecular flexibility index (Phi) is 7.22. The molecule has 0 saturated heterocycles. The predicted octanol–water partition coefficient (Wildman–Crippen LogP) is 4.09. The molecule has 1 aromatic heterocycles. The summed E-state index contributed by atoms with van der Waals surface area (Å²) < 4.78 is 5.24. The van der Waals surface area contributed by atoms with Crippen molar-refractivity contribution in [3.63, 3.8) is 0 Å². The van der Waals surface area contributed by atoms with E-state index in [4.69, 9.17) is 4.74 Å². The van der Waals surface area contributed by atoms with E-state index in [1.165, 1.54) is 5.56 Å². The molecule has 0 bridgehead atoms. The van der Waals surface area contributed by atoms with Gasteiger partial charge in [-0.25, -0.2) is 0 Å². The lowest BCUT2D eigenvalue weighted by molar-refractivity contribution is 0.0954. The minimum Gasteiger partial charge on any atom is -0.497 e. The second-order valence-electron chi connectivity index (χ2n) is 6.79. The lowest BCUT2D eigenvalue weighted by Gasteiger charge is -2.23. The Morgan fingerprint density at radius 1 is 1.03 bits per heavy atom. The maximum atomic E-state index is 12.6. The maximum Gasteiger partial charge on any atom is 0.252 e. The second kappa shape index (κ2) is 10.3. The van der Waals surface area contributed by atoms with Crippen LogP contribution in [0.15, 0.2) is 73.1 Å². The fourth-order valence-corrected chi connectivity index (χ4v) is 3.16. The molecule has 150 valence electrons. The number of carbonyl (C=O) groups excluding carboxylic acids is 1. The number of ether oxygens (including phenoxy) is 1. The Balaban J connectivity index is 1.60. The number of nitrogens with zero attached hydrogens (tertiary/aromatic N) is 2. The van der Waals surface area contributed by atoms with E-state index in [1.807, 2.05) is 48.5 Å². The molecule has 0 aliphatic carbocycles. The van der Waals surface area contributed by atoms with Crippen LogP contribution in [-0.2, 0) is 13.0 Å². The van der Waals surface area contributed by atoms with Crippen molar-refractivity contribution in [3.05, 3.63) is 89.7 Å². The first kappa shape index (κ1) is 20.4. The molecule has 0 unspecified atom stereocenters. The van der Waals surface area contributed by atoms with Gasteiger partial charge in [0.25, 0.3) is 5.91 Å². The largest absolute Gasteiger partial charge is 0.497 e. The van der Waals surface area contributed by atoms with E-state index >= 15 is 0 Å². The van der Waals surface area contributed by atoms with E-state index in [-0.39, 0.29) is 5.91 Å². The summed E-state index contributed by atoms with van der Waals surface area (Å²) in [7, 11) is 1.65. The molecule has 0 spiro atoms. The van der Waals surface area contributed by atoms with E-state index < -0.39 is 0 Å². The van der Waals surface area contributed by atoms with Crippen molar-refractivity contribution >= 4 is 11.6 Å². The maximum absolute atomic E-state index is 12.6. The van der Waals surface area contributed by atoms with Crippen LogP contribution in [-0.4, -0.2) is 31.1 Å². The summed E-state index contributed by atoms with van der Waals surface area (Å²) in [4.78, 5) is 19.1. The lowest BCUT2D eigenvalue weighted by atomic mass is 10.1. The summed E-state index contributed by atoms with van der Waals surface area (Å²) in [5.74, 6) is 0.710. The SMILES string of the molecule is CCN(Cc1ccccc1)c1cncc(C(=O)NCCc2cccc(OC)c2)c1. The Morgan fingerprint density at radius 2 is 1.83 bits per heavy atom. The number of benzene rings is 2. The fourth-order valence-electron chi connectivity index (χ4n) is 3.16. The summed E-state index contributed by atoms with van der Waals surface area (Å²) in [6, 6.07) is 20.1. The van der Waals surface area contributed by atoms with E-state index in [1.54, 1.807) is 19.5 Å². The number of pyridine rings is 1. The van der Waals surface area contributed by atoms with Gasteiger partial charge >= 0.3 is 0 Å². The lowest BCUT2D eigenvalue weighted by Crippen LogP contribution is -2.27. The first-order valence-corrected chi connectivity index (χ1v) is 9.84. The number of methoxy groups -OCH3 is 1. The monoisotopic (exact) mass is 389 g/mol. The highest BCUT2D eigenvalue weighted by molar-refractivity contribution is 5.94. The van der Waals surface area contributed by atoms with Crippen LogP contribution in [0.5, 0.6) is 5.75 Å². The Hall–Kier alpha value is -3.34. The van der Waals surface area contributed by atoms with Gasteiger partial charge < -0.3 is 15.0 Å². The molecule has 3 rings (SSSR count). The van der Waals surface area contributed by atoms with Crippen LogP contribution < -0.4 is 15.0 Å². The summed E-state index contributed by atoms with van der Waals surface area (Å²) in [6.07, 6.45) is 4.16. The number of carbonyl (C=O) groups is 1. The zero-order valence-electron chi connectivity index (χ0n) is 17.0. The van der Waals surface area contributed by atoms with Crippen molar-refractivity contribution in [1.82, 2.24) is 10.3 Å². The second-order valence-corrected chi connectivity index (χ2v) is 6.79. The molecule has 2 aromatic carbocycles. The number of aromatic nitrogens is 1. The molecule has 1 heterocycles. The third kappa shape index (κ3) is 5.82. The molecule has 5 heteroatoms. The summed E-state index contributed by atoms with van der Waals surface area (Å²) in [6.45, 7) is 4.26. The van der Waals surface area contributed by atoms with Crippen LogP contribution in [0.25, 0.3) is 0 Å². The van der Waals surface area contributed by atoms with E-state index in [0.717, 1.165) is 36.5 Å². The van der Waals surface area contributed by atoms with E-state index in [2.05, 4.69) is 34.3 Å². The van der Waals surface area contributed by atoms with Crippen LogP contribution in [0.1, 0.15) is 28.4 Å². The molecular weight excluding hydrogens is 362 g/mol. The molecular formula is C24H27N3O2. The van der Waals surface area contributed by atoms with Gasteiger partial charge in [-0.05, 0) is 42.7 Å². The number of anilines is 1. The van der Waals surface area contributed by atoms with Gasteiger partial charge in [-0.3, -0.25) is 9.78 Å². The van der Waals surface area contributed by atoms with Gasteiger partial charge in [0.2, 0.25) is 0 Å². The van der Waals surface area contributed by atoms with Gasteiger partial charge in [-0.2, -0.15) is 0 Å². The average Bonchev–Trinajstić information content (AvgIpc) is 2.78. The smallest absolute Gasteiger partial charge is 0.252 e. The van der Waals surface area contributed by atoms with Crippen molar-refractivity contribution in [2.45, 2.75) is 19.9 Å². The Labute approximate surface area is 172 Å². The van der Waals surface area contributed by atoms with Crippen LogP contribution in [0.4, 0.5) is 5.69 Å². The molecule has 0 radical (unpaired) electrons. The fraction of sp³-hybridized carbons (Fsp3) is 0.250. The third-order valence-electron chi connectivity index (χ3n) is 4.78. The standard InChI is InChI=1S/C24H27N3O2/c1-3-27(18-20-8-5-4-6-9-20)22-15-21(16-25-17-22)24(28)26-13-12-19-10-7-11-23(14-19)29-2/h4-11,14-17H,3,12-13,18H2,1-2H3,(H,26,28). The normalized spacial score (nSPS) is 10.4. The van der Waals surface area contributed by atoms with Crippen LogP contribution in [0, 0.1) is 0 Å². The van der Waals surface area contributed by atoms with Gasteiger partial charge in [0.1, 0.15) is 5.75 Å². The quantitative estimate of drug-likeness (QED) is 0.599. The van der Waals surface area contributed by atoms with E-state index in [9.17, 15) is 4.79 Å². The van der Waals surface area contributed by atoms with Gasteiger partial charge in [-0.1, -0.05) is 42.5 Å². The highest BCUT2D eigenvalue weighted by atomic mass is 16.5. The first-order valence-electron chi connectivity index (χ1n) is 9.84. The molecule has 3 aromatic rings. The topological polar surface area (TPSA) is 54.5 Å². The summed E-state index contributed by atoms with van der Waals surface area (Å²) in [5.41, 5.74) is 3.86. The van der Waals surface area contributed by atoms with Crippen LogP contribution in [0.3, 0.4) is 0 Å². The van der Waals surface area contributed by atoms with Crippen molar-refractivity contribution < 1.29 is 9.53 Å². The molecule has 0 saturated carbocycles. The highest BCUT2D eigenvalue weighted by Gasteiger charge is 2.11. The number of nitrogens with one attached hydrogen (secondary N) is 1. The third-order valence-corrected chi connectivity index (χ3v) is 4.78. The van der Waals surface area contributed by atoms with E-state index in [0.29, 0.717) is 12.1 Å². The molecule has 0 aliphatic rings. The molecule has 0 fully saturated rings. The highest BCUT2D eigenvalue weighted by Crippen LogP contribution is 2.18. The molecule has 0 atom stereocenters.